The fourth-order valence-electron chi connectivity index (χ4n) is 4.45. The molecule has 1 fully saturated rings. The Balaban J connectivity index is 1.80. The minimum Gasteiger partial charge on any atom is -0.493 e. The first kappa shape index (κ1) is 17.1. The van der Waals surface area contributed by atoms with Crippen LogP contribution >= 0.6 is 0 Å². The molecule has 4 rings (SSSR count). The SMILES string of the molecule is C=CC[C@]12CC=CC(=O)[C@]1(O)O[C@@H](c1cc(OC)c3c(c1)OCO3)[C@H]2C. The Kier molecular flexibility index (Phi) is 3.86. The van der Waals surface area contributed by atoms with Gasteiger partial charge in [0.25, 0.3) is 0 Å². The van der Waals surface area contributed by atoms with E-state index in [4.69, 9.17) is 18.9 Å². The molecule has 1 N–H and O–H groups in total. The number of methoxy groups -OCH3 is 1. The predicted octanol–water partition coefficient (Wildman–Crippen LogP) is 2.91. The van der Waals surface area contributed by atoms with Crippen LogP contribution in [0.2, 0.25) is 0 Å². The zero-order valence-electron chi connectivity index (χ0n) is 14.9. The van der Waals surface area contributed by atoms with Crippen molar-refractivity contribution in [1.29, 1.82) is 0 Å². The summed E-state index contributed by atoms with van der Waals surface area (Å²) in [5, 5.41) is 11.2. The van der Waals surface area contributed by atoms with Crippen molar-refractivity contribution in [3.8, 4) is 17.2 Å². The van der Waals surface area contributed by atoms with Crippen molar-refractivity contribution in [2.45, 2.75) is 31.7 Å². The fourth-order valence-corrected chi connectivity index (χ4v) is 4.45. The summed E-state index contributed by atoms with van der Waals surface area (Å²) in [7, 11) is 1.56. The number of hydrogen-bond donors (Lipinski definition) is 1. The summed E-state index contributed by atoms with van der Waals surface area (Å²) in [6.07, 6.45) is 5.46. The summed E-state index contributed by atoms with van der Waals surface area (Å²) in [6.45, 7) is 5.94. The molecule has 1 aliphatic carbocycles. The Morgan fingerprint density at radius 1 is 1.42 bits per heavy atom. The molecule has 6 heteroatoms. The van der Waals surface area contributed by atoms with Crippen LogP contribution in [0.3, 0.4) is 0 Å². The Hall–Kier alpha value is -2.31. The van der Waals surface area contributed by atoms with Gasteiger partial charge in [-0.15, -0.1) is 6.58 Å². The number of ketones is 1. The Morgan fingerprint density at radius 3 is 2.96 bits per heavy atom. The van der Waals surface area contributed by atoms with Crippen LogP contribution in [0.4, 0.5) is 0 Å². The average Bonchev–Trinajstić information content (AvgIpc) is 3.19. The number of benzene rings is 1. The first-order chi connectivity index (χ1) is 12.5. The van der Waals surface area contributed by atoms with E-state index in [0.717, 1.165) is 5.56 Å². The molecule has 0 bridgehead atoms. The molecule has 2 heterocycles. The molecule has 2 aliphatic heterocycles. The second kappa shape index (κ2) is 5.86. The third-order valence-electron chi connectivity index (χ3n) is 5.90. The van der Waals surface area contributed by atoms with Gasteiger partial charge in [0.1, 0.15) is 0 Å². The third kappa shape index (κ3) is 2.09. The van der Waals surface area contributed by atoms with Crippen molar-refractivity contribution in [2.24, 2.45) is 11.3 Å². The van der Waals surface area contributed by atoms with Crippen molar-refractivity contribution in [1.82, 2.24) is 0 Å². The molecule has 6 nitrogen and oxygen atoms in total. The van der Waals surface area contributed by atoms with Gasteiger partial charge in [0.2, 0.25) is 24.1 Å². The fraction of sp³-hybridized carbons (Fsp3) is 0.450. The van der Waals surface area contributed by atoms with Crippen molar-refractivity contribution in [2.75, 3.05) is 13.9 Å². The molecule has 138 valence electrons. The number of hydrogen-bond acceptors (Lipinski definition) is 6. The zero-order chi connectivity index (χ0) is 18.5. The quantitative estimate of drug-likeness (QED) is 0.834. The topological polar surface area (TPSA) is 74.2 Å². The molecule has 26 heavy (non-hydrogen) atoms. The molecule has 0 radical (unpaired) electrons. The zero-order valence-corrected chi connectivity index (χ0v) is 14.9. The minimum atomic E-state index is -1.87. The predicted molar refractivity (Wildman–Crippen MR) is 93.1 cm³/mol. The average molecular weight is 358 g/mol. The second-order valence-corrected chi connectivity index (χ2v) is 7.05. The Labute approximate surface area is 152 Å². The number of carbonyl (C=O) groups excluding carboxylic acids is 1. The maximum Gasteiger partial charge on any atom is 0.237 e. The van der Waals surface area contributed by atoms with Crippen LogP contribution in [-0.4, -0.2) is 30.6 Å². The largest absolute Gasteiger partial charge is 0.493 e. The van der Waals surface area contributed by atoms with Gasteiger partial charge < -0.3 is 24.1 Å². The Bertz CT molecular complexity index is 800. The van der Waals surface area contributed by atoms with Crippen LogP contribution in [0, 0.1) is 11.3 Å². The molecule has 0 amide bonds. The smallest absolute Gasteiger partial charge is 0.237 e. The van der Waals surface area contributed by atoms with E-state index >= 15 is 0 Å². The van der Waals surface area contributed by atoms with Crippen LogP contribution in [0.25, 0.3) is 0 Å². The highest BCUT2D eigenvalue weighted by molar-refractivity contribution is 5.97. The molecular formula is C20H22O6. The molecular weight excluding hydrogens is 336 g/mol. The van der Waals surface area contributed by atoms with E-state index in [1.165, 1.54) is 6.08 Å². The van der Waals surface area contributed by atoms with Crippen LogP contribution in [0.5, 0.6) is 17.2 Å². The van der Waals surface area contributed by atoms with Gasteiger partial charge in [-0.25, -0.2) is 0 Å². The van der Waals surface area contributed by atoms with E-state index in [1.807, 2.05) is 25.1 Å². The monoisotopic (exact) mass is 358 g/mol. The lowest BCUT2D eigenvalue weighted by molar-refractivity contribution is -0.229. The molecule has 4 atom stereocenters. The molecule has 0 aromatic heterocycles. The number of ether oxygens (including phenoxy) is 4. The highest BCUT2D eigenvalue weighted by Gasteiger charge is 2.66. The van der Waals surface area contributed by atoms with Crippen LogP contribution in [0.15, 0.2) is 36.9 Å². The van der Waals surface area contributed by atoms with Gasteiger partial charge in [0, 0.05) is 5.41 Å². The lowest BCUT2D eigenvalue weighted by atomic mass is 9.62. The normalized spacial score (nSPS) is 34.7. The third-order valence-corrected chi connectivity index (χ3v) is 5.90. The van der Waals surface area contributed by atoms with Gasteiger partial charge in [-0.2, -0.15) is 0 Å². The van der Waals surface area contributed by atoms with E-state index in [1.54, 1.807) is 13.2 Å². The highest BCUT2D eigenvalue weighted by Crippen LogP contribution is 2.61. The maximum absolute atomic E-state index is 12.5. The molecule has 3 aliphatic rings. The van der Waals surface area contributed by atoms with E-state index in [9.17, 15) is 9.90 Å². The minimum absolute atomic E-state index is 0.128. The van der Waals surface area contributed by atoms with E-state index < -0.39 is 23.1 Å². The van der Waals surface area contributed by atoms with Crippen LogP contribution in [0.1, 0.15) is 31.4 Å². The van der Waals surface area contributed by atoms with Crippen molar-refractivity contribution in [3.63, 3.8) is 0 Å². The summed E-state index contributed by atoms with van der Waals surface area (Å²) in [5.74, 6) is -0.772. The highest BCUT2D eigenvalue weighted by atomic mass is 16.7. The van der Waals surface area contributed by atoms with E-state index in [-0.39, 0.29) is 12.7 Å². The lowest BCUT2D eigenvalue weighted by Crippen LogP contribution is -2.54. The number of rotatable bonds is 4. The van der Waals surface area contributed by atoms with Gasteiger partial charge in [-0.1, -0.05) is 19.1 Å². The van der Waals surface area contributed by atoms with Gasteiger partial charge in [-0.05, 0) is 42.5 Å². The van der Waals surface area contributed by atoms with Crippen molar-refractivity contribution >= 4 is 5.78 Å². The molecule has 0 unspecified atom stereocenters. The second-order valence-electron chi connectivity index (χ2n) is 7.05. The summed E-state index contributed by atoms with van der Waals surface area (Å²) in [6, 6.07) is 3.64. The van der Waals surface area contributed by atoms with Crippen LogP contribution < -0.4 is 14.2 Å². The molecule has 1 aromatic carbocycles. The standard InChI is InChI=1S/C20H22O6/c1-4-7-19-8-5-6-16(21)20(19,22)26-17(12(19)2)13-9-14(23-3)18-15(10-13)24-11-25-18/h4-6,9-10,12,17,22H,1,7-8,11H2,2-3H3/t12-,17-,19-,20+/m1/s1. The summed E-state index contributed by atoms with van der Waals surface area (Å²) in [4.78, 5) is 12.5. The van der Waals surface area contributed by atoms with Crippen molar-refractivity contribution < 1.29 is 28.8 Å². The number of allylic oxidation sites excluding steroid dienone is 2. The van der Waals surface area contributed by atoms with E-state index in [0.29, 0.717) is 30.1 Å². The molecule has 1 saturated heterocycles. The first-order valence-corrected chi connectivity index (χ1v) is 8.66. The summed E-state index contributed by atoms with van der Waals surface area (Å²) >= 11 is 0. The number of aliphatic hydroxyl groups is 1. The van der Waals surface area contributed by atoms with Gasteiger partial charge in [0.15, 0.2) is 11.5 Å². The number of fused-ring (bicyclic) bond motifs is 2. The maximum atomic E-state index is 12.5. The first-order valence-electron chi connectivity index (χ1n) is 8.66. The molecule has 0 saturated carbocycles. The number of carbonyl (C=O) groups is 1. The van der Waals surface area contributed by atoms with Gasteiger partial charge in [0.05, 0.1) is 13.2 Å². The molecule has 0 spiro atoms. The van der Waals surface area contributed by atoms with Gasteiger partial charge in [-0.3, -0.25) is 4.79 Å². The van der Waals surface area contributed by atoms with E-state index in [2.05, 4.69) is 6.58 Å². The van der Waals surface area contributed by atoms with Crippen LogP contribution in [-0.2, 0) is 9.53 Å². The lowest BCUT2D eigenvalue weighted by Gasteiger charge is -2.42. The summed E-state index contributed by atoms with van der Waals surface area (Å²) < 4.78 is 22.4. The molecule has 1 aromatic rings. The van der Waals surface area contributed by atoms with Gasteiger partial charge >= 0.3 is 0 Å². The Morgan fingerprint density at radius 2 is 2.23 bits per heavy atom. The van der Waals surface area contributed by atoms with Crippen molar-refractivity contribution in [3.05, 3.63) is 42.5 Å². The summed E-state index contributed by atoms with van der Waals surface area (Å²) in [5.41, 5.74) is 0.0205.